The summed E-state index contributed by atoms with van der Waals surface area (Å²) in [5, 5.41) is 14.5. The second-order valence-corrected chi connectivity index (χ2v) is 7.83. The first kappa shape index (κ1) is 20.3. The first-order valence-corrected chi connectivity index (χ1v) is 10.3. The third-order valence-corrected chi connectivity index (χ3v) is 5.60. The minimum atomic E-state index is -0.933. The molecule has 0 aromatic heterocycles. The number of amides is 2. The van der Waals surface area contributed by atoms with Gasteiger partial charge in [-0.25, -0.2) is 4.79 Å². The number of anilines is 1. The third-order valence-electron chi connectivity index (χ3n) is 5.34. The van der Waals surface area contributed by atoms with E-state index in [2.05, 4.69) is 5.32 Å². The zero-order chi connectivity index (χ0) is 21.0. The first-order chi connectivity index (χ1) is 14.5. The average molecular weight is 423 g/mol. The highest BCUT2D eigenvalue weighted by Gasteiger charge is 2.35. The number of rotatable bonds is 4. The van der Waals surface area contributed by atoms with Crippen LogP contribution in [0.15, 0.2) is 78.9 Å². The number of carbonyl (C=O) groups excluding carboxylic acids is 1. The average Bonchev–Trinajstić information content (AvgIpc) is 2.77. The highest BCUT2D eigenvalue weighted by molar-refractivity contribution is 6.30. The van der Waals surface area contributed by atoms with Crippen LogP contribution in [0.3, 0.4) is 0 Å². The number of halogens is 1. The number of carbonyl (C=O) groups is 1. The molecule has 30 heavy (non-hydrogen) atoms. The predicted octanol–water partition coefficient (Wildman–Crippen LogP) is 5.65. The maximum absolute atomic E-state index is 12.6. The molecule has 1 aliphatic heterocycles. The van der Waals surface area contributed by atoms with Crippen LogP contribution in [-0.2, 0) is 5.60 Å². The number of benzene rings is 3. The zero-order valence-corrected chi connectivity index (χ0v) is 17.2. The Hall–Kier alpha value is -3.02. The molecule has 0 bridgehead atoms. The van der Waals surface area contributed by atoms with Crippen molar-refractivity contribution in [1.29, 1.82) is 0 Å². The molecule has 6 heteroatoms. The molecule has 0 aliphatic carbocycles. The molecule has 0 saturated carbocycles. The van der Waals surface area contributed by atoms with Gasteiger partial charge in [0.25, 0.3) is 0 Å². The van der Waals surface area contributed by atoms with E-state index >= 15 is 0 Å². The van der Waals surface area contributed by atoms with E-state index < -0.39 is 5.60 Å². The lowest BCUT2D eigenvalue weighted by atomic mass is 9.84. The van der Waals surface area contributed by atoms with Gasteiger partial charge in [-0.3, -0.25) is 0 Å². The molecule has 1 saturated heterocycles. The maximum atomic E-state index is 12.6. The number of urea groups is 1. The second kappa shape index (κ2) is 8.78. The zero-order valence-electron chi connectivity index (χ0n) is 16.4. The van der Waals surface area contributed by atoms with Crippen LogP contribution in [0.4, 0.5) is 10.5 Å². The van der Waals surface area contributed by atoms with Crippen molar-refractivity contribution in [1.82, 2.24) is 4.90 Å². The lowest BCUT2D eigenvalue weighted by Gasteiger charge is -2.38. The Kier molecular flexibility index (Phi) is 5.93. The quantitative estimate of drug-likeness (QED) is 0.571. The molecule has 0 atom stereocenters. The molecule has 1 heterocycles. The van der Waals surface area contributed by atoms with Crippen LogP contribution in [0.5, 0.6) is 11.5 Å². The van der Waals surface area contributed by atoms with Crippen molar-refractivity contribution >= 4 is 23.3 Å². The lowest BCUT2D eigenvalue weighted by molar-refractivity contribution is -0.0156. The Bertz CT molecular complexity index is 983. The van der Waals surface area contributed by atoms with Gasteiger partial charge in [-0.1, -0.05) is 41.9 Å². The summed E-state index contributed by atoms with van der Waals surface area (Å²) in [4.78, 5) is 14.3. The number of nitrogens with zero attached hydrogens (tertiary/aromatic N) is 1. The molecule has 3 aromatic rings. The molecule has 154 valence electrons. The number of hydrogen-bond acceptors (Lipinski definition) is 3. The summed E-state index contributed by atoms with van der Waals surface area (Å²) in [7, 11) is 0. The number of hydrogen-bond donors (Lipinski definition) is 2. The molecule has 0 unspecified atom stereocenters. The van der Waals surface area contributed by atoms with Crippen LogP contribution in [0, 0.1) is 0 Å². The molecule has 5 nitrogen and oxygen atoms in total. The lowest BCUT2D eigenvalue weighted by Crippen LogP contribution is -2.46. The van der Waals surface area contributed by atoms with E-state index in [0.29, 0.717) is 42.4 Å². The Morgan fingerprint density at radius 2 is 1.50 bits per heavy atom. The van der Waals surface area contributed by atoms with Gasteiger partial charge < -0.3 is 20.1 Å². The van der Waals surface area contributed by atoms with Crippen LogP contribution >= 0.6 is 11.6 Å². The number of ether oxygens (including phenoxy) is 1. The van der Waals surface area contributed by atoms with E-state index in [1.807, 2.05) is 66.7 Å². The summed E-state index contributed by atoms with van der Waals surface area (Å²) >= 11 is 5.94. The summed E-state index contributed by atoms with van der Waals surface area (Å²) < 4.78 is 5.77. The SMILES string of the molecule is O=C(Nc1ccc(Oc2ccccc2)cc1)N1CCC(O)(c2ccc(Cl)cc2)CC1. The Balaban J connectivity index is 1.32. The standard InChI is InChI=1S/C24H23ClN2O3/c25-19-8-6-18(7-9-19)24(29)14-16-27(17-15-24)23(28)26-20-10-12-22(13-11-20)30-21-4-2-1-3-5-21/h1-13,29H,14-17H2,(H,26,28). The molecule has 2 N–H and O–H groups in total. The predicted molar refractivity (Wildman–Crippen MR) is 118 cm³/mol. The molecule has 0 radical (unpaired) electrons. The van der Waals surface area contributed by atoms with Crippen molar-refractivity contribution in [3.05, 3.63) is 89.4 Å². The number of aliphatic hydroxyl groups is 1. The minimum Gasteiger partial charge on any atom is -0.457 e. The van der Waals surface area contributed by atoms with Crippen molar-refractivity contribution in [2.45, 2.75) is 18.4 Å². The summed E-state index contributed by atoms with van der Waals surface area (Å²) in [6.45, 7) is 0.945. The van der Waals surface area contributed by atoms with E-state index in [-0.39, 0.29) is 6.03 Å². The van der Waals surface area contributed by atoms with Crippen LogP contribution in [-0.4, -0.2) is 29.1 Å². The van der Waals surface area contributed by atoms with Crippen LogP contribution in [0.1, 0.15) is 18.4 Å². The fourth-order valence-corrected chi connectivity index (χ4v) is 3.69. The molecule has 1 aliphatic rings. The van der Waals surface area contributed by atoms with Crippen molar-refractivity contribution in [3.63, 3.8) is 0 Å². The minimum absolute atomic E-state index is 0.176. The fraction of sp³-hybridized carbons (Fsp3) is 0.208. The van der Waals surface area contributed by atoms with E-state index in [0.717, 1.165) is 11.3 Å². The largest absolute Gasteiger partial charge is 0.457 e. The van der Waals surface area contributed by atoms with Crippen LogP contribution in [0.2, 0.25) is 5.02 Å². The highest BCUT2D eigenvalue weighted by atomic mass is 35.5. The first-order valence-electron chi connectivity index (χ1n) is 9.89. The van der Waals surface area contributed by atoms with Crippen LogP contribution in [0.25, 0.3) is 0 Å². The molecule has 3 aromatic carbocycles. The van der Waals surface area contributed by atoms with Crippen molar-refractivity contribution in [3.8, 4) is 11.5 Å². The Morgan fingerprint density at radius 1 is 0.900 bits per heavy atom. The summed E-state index contributed by atoms with van der Waals surface area (Å²) in [5.74, 6) is 1.46. The van der Waals surface area contributed by atoms with E-state index in [4.69, 9.17) is 16.3 Å². The normalized spacial score (nSPS) is 15.5. The van der Waals surface area contributed by atoms with Gasteiger partial charge in [0.1, 0.15) is 11.5 Å². The van der Waals surface area contributed by atoms with Gasteiger partial charge in [-0.05, 0) is 66.9 Å². The second-order valence-electron chi connectivity index (χ2n) is 7.40. The molecule has 2 amide bonds. The van der Waals surface area contributed by atoms with Gasteiger partial charge in [-0.2, -0.15) is 0 Å². The Morgan fingerprint density at radius 3 is 2.13 bits per heavy atom. The molecule has 4 rings (SSSR count). The van der Waals surface area contributed by atoms with Crippen molar-refractivity contribution in [2.75, 3.05) is 18.4 Å². The molecule has 1 fully saturated rings. The third kappa shape index (κ3) is 4.75. The van der Waals surface area contributed by atoms with Gasteiger partial charge in [0.15, 0.2) is 0 Å². The monoisotopic (exact) mass is 422 g/mol. The molecular weight excluding hydrogens is 400 g/mol. The van der Waals surface area contributed by atoms with Gasteiger partial charge in [0.05, 0.1) is 5.60 Å². The summed E-state index contributed by atoms with van der Waals surface area (Å²) in [5.41, 5.74) is 0.595. The fourth-order valence-electron chi connectivity index (χ4n) is 3.56. The van der Waals surface area contributed by atoms with Crippen LogP contribution < -0.4 is 10.1 Å². The smallest absolute Gasteiger partial charge is 0.321 e. The number of piperidine rings is 1. The van der Waals surface area contributed by atoms with Gasteiger partial charge >= 0.3 is 6.03 Å². The number of para-hydroxylation sites is 1. The van der Waals surface area contributed by atoms with E-state index in [1.165, 1.54) is 0 Å². The topological polar surface area (TPSA) is 61.8 Å². The Labute approximate surface area is 180 Å². The summed E-state index contributed by atoms with van der Waals surface area (Å²) in [6.07, 6.45) is 0.956. The van der Waals surface area contributed by atoms with E-state index in [9.17, 15) is 9.90 Å². The van der Waals surface area contributed by atoms with Gasteiger partial charge in [-0.15, -0.1) is 0 Å². The van der Waals surface area contributed by atoms with Gasteiger partial charge in [0.2, 0.25) is 0 Å². The van der Waals surface area contributed by atoms with Gasteiger partial charge in [0, 0.05) is 23.8 Å². The van der Waals surface area contributed by atoms with Crippen molar-refractivity contribution < 1.29 is 14.6 Å². The number of nitrogens with one attached hydrogen (secondary N) is 1. The number of likely N-dealkylation sites (tertiary alicyclic amines) is 1. The maximum Gasteiger partial charge on any atom is 0.321 e. The molecular formula is C24H23ClN2O3. The van der Waals surface area contributed by atoms with E-state index in [1.54, 1.807) is 17.0 Å². The van der Waals surface area contributed by atoms with Crippen molar-refractivity contribution in [2.24, 2.45) is 0 Å². The highest BCUT2D eigenvalue weighted by Crippen LogP contribution is 2.33. The molecule has 0 spiro atoms. The summed E-state index contributed by atoms with van der Waals surface area (Å²) in [6, 6.07) is 23.9.